The van der Waals surface area contributed by atoms with Gasteiger partial charge in [0.25, 0.3) is 0 Å². The normalized spacial score (nSPS) is 10.8. The van der Waals surface area contributed by atoms with E-state index in [1.54, 1.807) is 16.7 Å². The van der Waals surface area contributed by atoms with Crippen molar-refractivity contribution in [2.45, 2.75) is 13.5 Å². The summed E-state index contributed by atoms with van der Waals surface area (Å²) in [6, 6.07) is 6.27. The molecule has 4 heteroatoms. The van der Waals surface area contributed by atoms with Crippen LogP contribution in [0.1, 0.15) is 11.4 Å². The van der Waals surface area contributed by atoms with Gasteiger partial charge >= 0.3 is 0 Å². The highest BCUT2D eigenvalue weighted by molar-refractivity contribution is 5.56. The van der Waals surface area contributed by atoms with Crippen LogP contribution in [0.5, 0.6) is 0 Å². The van der Waals surface area contributed by atoms with E-state index in [0.717, 1.165) is 11.4 Å². The fraction of sp³-hybridized carbons (Fsp3) is 0.250. The van der Waals surface area contributed by atoms with Crippen molar-refractivity contribution in [1.82, 2.24) is 9.55 Å². The zero-order valence-corrected chi connectivity index (χ0v) is 9.24. The predicted molar refractivity (Wildman–Crippen MR) is 59.3 cm³/mol. The molecule has 0 unspecified atom stereocenters. The molecular formula is C12H13FN2O. The van der Waals surface area contributed by atoms with Crippen molar-refractivity contribution in [3.05, 3.63) is 41.5 Å². The summed E-state index contributed by atoms with van der Waals surface area (Å²) in [5.74, 6) is 0.379. The first-order chi connectivity index (χ1) is 7.63. The predicted octanol–water partition coefficient (Wildman–Crippen LogP) is 2.03. The molecule has 0 aliphatic carbocycles. The van der Waals surface area contributed by atoms with Gasteiger partial charge in [-0.1, -0.05) is 12.1 Å². The highest BCUT2D eigenvalue weighted by Crippen LogP contribution is 2.21. The van der Waals surface area contributed by atoms with Gasteiger partial charge in [0.05, 0.1) is 18.0 Å². The lowest BCUT2D eigenvalue weighted by molar-refractivity contribution is 0.272. The first-order valence-corrected chi connectivity index (χ1v) is 5.02. The number of imidazole rings is 1. The number of hydrogen-bond donors (Lipinski definition) is 1. The van der Waals surface area contributed by atoms with Crippen molar-refractivity contribution in [3.63, 3.8) is 0 Å². The molecule has 0 aliphatic heterocycles. The van der Waals surface area contributed by atoms with E-state index in [-0.39, 0.29) is 12.4 Å². The van der Waals surface area contributed by atoms with E-state index >= 15 is 0 Å². The van der Waals surface area contributed by atoms with Crippen LogP contribution in [0.4, 0.5) is 4.39 Å². The van der Waals surface area contributed by atoms with Crippen molar-refractivity contribution >= 4 is 0 Å². The van der Waals surface area contributed by atoms with E-state index in [0.29, 0.717) is 11.4 Å². The summed E-state index contributed by atoms with van der Waals surface area (Å²) in [6.45, 7) is 1.76. The van der Waals surface area contributed by atoms with Crippen molar-refractivity contribution in [1.29, 1.82) is 0 Å². The van der Waals surface area contributed by atoms with Gasteiger partial charge in [0.2, 0.25) is 0 Å². The molecule has 0 fully saturated rings. The van der Waals surface area contributed by atoms with Crippen LogP contribution in [-0.4, -0.2) is 14.7 Å². The van der Waals surface area contributed by atoms with Crippen molar-refractivity contribution in [3.8, 4) is 11.4 Å². The smallest absolute Gasteiger partial charge is 0.140 e. The average molecular weight is 220 g/mol. The Hall–Kier alpha value is -1.68. The van der Waals surface area contributed by atoms with Crippen LogP contribution in [0, 0.1) is 12.7 Å². The van der Waals surface area contributed by atoms with Crippen LogP contribution in [0.15, 0.2) is 24.3 Å². The highest BCUT2D eigenvalue weighted by atomic mass is 19.1. The summed E-state index contributed by atoms with van der Waals surface area (Å²) in [5, 5.41) is 9.18. The maximum absolute atomic E-state index is 13.1. The van der Waals surface area contributed by atoms with E-state index in [1.165, 1.54) is 12.1 Å². The van der Waals surface area contributed by atoms with Crippen LogP contribution in [-0.2, 0) is 13.7 Å². The topological polar surface area (TPSA) is 38.0 Å². The number of aliphatic hydroxyl groups excluding tert-OH is 1. The third kappa shape index (κ3) is 1.72. The number of halogens is 1. The van der Waals surface area contributed by atoms with Crippen molar-refractivity contribution in [2.75, 3.05) is 0 Å². The lowest BCUT2D eigenvalue weighted by Gasteiger charge is -2.04. The molecule has 1 aromatic heterocycles. The van der Waals surface area contributed by atoms with E-state index in [9.17, 15) is 9.50 Å². The Labute approximate surface area is 93.2 Å². The molecular weight excluding hydrogens is 207 g/mol. The quantitative estimate of drug-likeness (QED) is 0.840. The molecule has 0 amide bonds. The highest BCUT2D eigenvalue weighted by Gasteiger charge is 2.12. The summed E-state index contributed by atoms with van der Waals surface area (Å²) >= 11 is 0. The molecule has 0 aliphatic rings. The second kappa shape index (κ2) is 4.06. The summed E-state index contributed by atoms with van der Waals surface area (Å²) in [6.07, 6.45) is 0. The van der Waals surface area contributed by atoms with E-state index in [4.69, 9.17) is 0 Å². The fourth-order valence-corrected chi connectivity index (χ4v) is 1.78. The third-order valence-electron chi connectivity index (χ3n) is 2.65. The molecule has 16 heavy (non-hydrogen) atoms. The molecule has 84 valence electrons. The Bertz CT molecular complexity index is 520. The zero-order valence-electron chi connectivity index (χ0n) is 9.24. The van der Waals surface area contributed by atoms with Crippen LogP contribution < -0.4 is 0 Å². The Balaban J connectivity index is 2.56. The minimum Gasteiger partial charge on any atom is -0.390 e. The van der Waals surface area contributed by atoms with Gasteiger partial charge in [0, 0.05) is 12.6 Å². The first-order valence-electron chi connectivity index (χ1n) is 5.02. The second-order valence-electron chi connectivity index (χ2n) is 3.69. The van der Waals surface area contributed by atoms with Crippen LogP contribution >= 0.6 is 0 Å². The standard InChI is InChI=1S/C12H13FN2O/c1-8-11(7-16)15(2)12(14-8)9-4-3-5-10(13)6-9/h3-6,16H,7H2,1-2H3. The minimum atomic E-state index is -0.288. The molecule has 0 spiro atoms. The van der Waals surface area contributed by atoms with Crippen molar-refractivity contribution < 1.29 is 9.50 Å². The summed E-state index contributed by atoms with van der Waals surface area (Å²) in [7, 11) is 1.81. The number of aryl methyl sites for hydroxylation is 1. The van der Waals surface area contributed by atoms with Crippen LogP contribution in [0.2, 0.25) is 0 Å². The van der Waals surface area contributed by atoms with Crippen LogP contribution in [0.3, 0.4) is 0 Å². The number of aromatic nitrogens is 2. The SMILES string of the molecule is Cc1nc(-c2cccc(F)c2)n(C)c1CO. The molecule has 2 aromatic rings. The monoisotopic (exact) mass is 220 g/mol. The van der Waals surface area contributed by atoms with Gasteiger partial charge in [0.1, 0.15) is 11.6 Å². The van der Waals surface area contributed by atoms with Crippen molar-refractivity contribution in [2.24, 2.45) is 7.05 Å². The lowest BCUT2D eigenvalue weighted by Crippen LogP contribution is -1.99. The fourth-order valence-electron chi connectivity index (χ4n) is 1.78. The maximum atomic E-state index is 13.1. The van der Waals surface area contributed by atoms with Gasteiger partial charge in [-0.2, -0.15) is 0 Å². The Morgan fingerprint density at radius 3 is 2.75 bits per heavy atom. The van der Waals surface area contributed by atoms with Gasteiger partial charge in [-0.3, -0.25) is 0 Å². The largest absolute Gasteiger partial charge is 0.390 e. The Morgan fingerprint density at radius 2 is 2.19 bits per heavy atom. The van der Waals surface area contributed by atoms with Gasteiger partial charge in [0.15, 0.2) is 0 Å². The molecule has 0 atom stereocenters. The Kier molecular flexibility index (Phi) is 2.75. The van der Waals surface area contributed by atoms with E-state index in [1.807, 2.05) is 14.0 Å². The number of hydrogen-bond acceptors (Lipinski definition) is 2. The second-order valence-corrected chi connectivity index (χ2v) is 3.69. The number of benzene rings is 1. The summed E-state index contributed by atoms with van der Waals surface area (Å²) in [4.78, 5) is 4.33. The molecule has 1 heterocycles. The molecule has 3 nitrogen and oxygen atoms in total. The van der Waals surface area contributed by atoms with E-state index in [2.05, 4.69) is 4.98 Å². The average Bonchev–Trinajstić information content (AvgIpc) is 2.54. The summed E-state index contributed by atoms with van der Waals surface area (Å²) < 4.78 is 14.9. The molecule has 2 rings (SSSR count). The number of rotatable bonds is 2. The zero-order chi connectivity index (χ0) is 11.7. The van der Waals surface area contributed by atoms with Crippen LogP contribution in [0.25, 0.3) is 11.4 Å². The molecule has 0 saturated carbocycles. The van der Waals surface area contributed by atoms with Gasteiger partial charge in [-0.15, -0.1) is 0 Å². The molecule has 1 N–H and O–H groups in total. The molecule has 0 bridgehead atoms. The van der Waals surface area contributed by atoms with Gasteiger partial charge < -0.3 is 9.67 Å². The minimum absolute atomic E-state index is 0.0648. The lowest BCUT2D eigenvalue weighted by atomic mass is 10.2. The number of nitrogens with zero attached hydrogens (tertiary/aromatic N) is 2. The van der Waals surface area contributed by atoms with Gasteiger partial charge in [-0.25, -0.2) is 9.37 Å². The van der Waals surface area contributed by atoms with E-state index < -0.39 is 0 Å². The molecule has 0 saturated heterocycles. The van der Waals surface area contributed by atoms with Gasteiger partial charge in [-0.05, 0) is 19.1 Å². The third-order valence-corrected chi connectivity index (χ3v) is 2.65. The molecule has 0 radical (unpaired) electrons. The Morgan fingerprint density at radius 1 is 1.44 bits per heavy atom. The maximum Gasteiger partial charge on any atom is 0.140 e. The molecule has 1 aromatic carbocycles. The number of aliphatic hydroxyl groups is 1. The summed E-state index contributed by atoms with van der Waals surface area (Å²) in [5.41, 5.74) is 2.23. The first kappa shape index (κ1) is 10.8.